The molecule has 0 atom stereocenters. The van der Waals surface area contributed by atoms with E-state index in [2.05, 4.69) is 21.2 Å². The Labute approximate surface area is 167 Å². The molecule has 1 aliphatic heterocycles. The molecule has 2 aromatic rings. The average Bonchev–Trinajstić information content (AvgIpc) is 2.55. The van der Waals surface area contributed by atoms with Gasteiger partial charge in [0.05, 0.1) is 10.7 Å². The second kappa shape index (κ2) is 7.25. The number of benzene rings is 2. The first-order chi connectivity index (χ1) is 11.9. The van der Waals surface area contributed by atoms with Gasteiger partial charge in [0.1, 0.15) is 5.57 Å². The summed E-state index contributed by atoms with van der Waals surface area (Å²) in [5.74, 6) is -1.11. The zero-order chi connectivity index (χ0) is 18.1. The Morgan fingerprint density at radius 1 is 1.08 bits per heavy atom. The van der Waals surface area contributed by atoms with Crippen LogP contribution in [0.4, 0.5) is 5.69 Å². The topological polar surface area (TPSA) is 49.4 Å². The van der Waals surface area contributed by atoms with Crippen molar-refractivity contribution >= 4 is 80.0 Å². The lowest BCUT2D eigenvalue weighted by atomic mass is 10.1. The van der Waals surface area contributed by atoms with Crippen molar-refractivity contribution in [2.24, 2.45) is 0 Å². The molecule has 25 heavy (non-hydrogen) atoms. The SMILES string of the molecule is O=C1NC(=S)N(c2ccc(Cl)cc2Cl)C(=O)C1=Cc1ccc(Br)cc1. The Balaban J connectivity index is 2.03. The molecule has 1 aliphatic rings. The first kappa shape index (κ1) is 18.1. The highest BCUT2D eigenvalue weighted by Gasteiger charge is 2.35. The number of nitrogens with one attached hydrogen (secondary N) is 1. The molecule has 2 aromatic carbocycles. The maximum Gasteiger partial charge on any atom is 0.270 e. The number of anilines is 1. The minimum absolute atomic E-state index is 0.0350. The lowest BCUT2D eigenvalue weighted by Crippen LogP contribution is -2.54. The van der Waals surface area contributed by atoms with Crippen LogP contribution in [-0.2, 0) is 9.59 Å². The zero-order valence-corrected chi connectivity index (χ0v) is 16.3. The van der Waals surface area contributed by atoms with E-state index in [1.165, 1.54) is 17.0 Å². The predicted octanol–water partition coefficient (Wildman–Crippen LogP) is 4.59. The largest absolute Gasteiger partial charge is 0.298 e. The molecule has 126 valence electrons. The Kier molecular flexibility index (Phi) is 5.24. The average molecular weight is 456 g/mol. The smallest absolute Gasteiger partial charge is 0.270 e. The standard InChI is InChI=1S/C17H9BrCl2N2O2S/c18-10-3-1-9(2-4-10)7-12-15(23)21-17(25)22(16(12)24)14-6-5-11(19)8-13(14)20/h1-8H,(H,21,23,25). The van der Waals surface area contributed by atoms with Gasteiger partial charge in [-0.15, -0.1) is 0 Å². The van der Waals surface area contributed by atoms with E-state index >= 15 is 0 Å². The van der Waals surface area contributed by atoms with E-state index in [4.69, 9.17) is 35.4 Å². The normalized spacial score (nSPS) is 16.4. The molecule has 1 heterocycles. The number of hydrogen-bond donors (Lipinski definition) is 1. The van der Waals surface area contributed by atoms with Crippen LogP contribution in [0.2, 0.25) is 10.0 Å². The second-order valence-corrected chi connectivity index (χ2v) is 7.25. The Morgan fingerprint density at radius 3 is 2.40 bits per heavy atom. The first-order valence-electron chi connectivity index (χ1n) is 6.99. The number of nitrogens with zero attached hydrogens (tertiary/aromatic N) is 1. The summed E-state index contributed by atoms with van der Waals surface area (Å²) in [6.45, 7) is 0. The van der Waals surface area contributed by atoms with Crippen LogP contribution in [0.25, 0.3) is 6.08 Å². The van der Waals surface area contributed by atoms with Crippen LogP contribution in [0, 0.1) is 0 Å². The van der Waals surface area contributed by atoms with Crippen molar-refractivity contribution in [3.63, 3.8) is 0 Å². The van der Waals surface area contributed by atoms with Crippen molar-refractivity contribution < 1.29 is 9.59 Å². The van der Waals surface area contributed by atoms with E-state index in [1.807, 2.05) is 12.1 Å². The second-order valence-electron chi connectivity index (χ2n) is 5.11. The van der Waals surface area contributed by atoms with Crippen molar-refractivity contribution in [3.05, 3.63) is 68.1 Å². The summed E-state index contributed by atoms with van der Waals surface area (Å²) in [6, 6.07) is 11.9. The van der Waals surface area contributed by atoms with E-state index in [9.17, 15) is 9.59 Å². The molecule has 0 unspecified atom stereocenters. The predicted molar refractivity (Wildman–Crippen MR) is 107 cm³/mol. The van der Waals surface area contributed by atoms with Gasteiger partial charge in [0.25, 0.3) is 11.8 Å². The lowest BCUT2D eigenvalue weighted by Gasteiger charge is -2.29. The summed E-state index contributed by atoms with van der Waals surface area (Å²) in [5.41, 5.74) is 1.02. The monoisotopic (exact) mass is 454 g/mol. The van der Waals surface area contributed by atoms with Crippen LogP contribution in [0.5, 0.6) is 0 Å². The van der Waals surface area contributed by atoms with Crippen LogP contribution in [0.3, 0.4) is 0 Å². The molecule has 0 saturated carbocycles. The van der Waals surface area contributed by atoms with E-state index in [0.29, 0.717) is 16.3 Å². The fourth-order valence-electron chi connectivity index (χ4n) is 2.26. The van der Waals surface area contributed by atoms with Gasteiger partial charge in [-0.2, -0.15) is 0 Å². The van der Waals surface area contributed by atoms with Crippen LogP contribution < -0.4 is 10.2 Å². The van der Waals surface area contributed by atoms with Gasteiger partial charge in [-0.05, 0) is 54.2 Å². The molecule has 4 nitrogen and oxygen atoms in total. The van der Waals surface area contributed by atoms with Crippen molar-refractivity contribution in [2.75, 3.05) is 4.90 Å². The quantitative estimate of drug-likeness (QED) is 0.409. The van der Waals surface area contributed by atoms with Crippen LogP contribution in [0.1, 0.15) is 5.56 Å². The maximum atomic E-state index is 12.9. The lowest BCUT2D eigenvalue weighted by molar-refractivity contribution is -0.122. The number of rotatable bonds is 2. The van der Waals surface area contributed by atoms with Crippen molar-refractivity contribution in [1.82, 2.24) is 5.32 Å². The Bertz CT molecular complexity index is 929. The van der Waals surface area contributed by atoms with Crippen molar-refractivity contribution in [3.8, 4) is 0 Å². The van der Waals surface area contributed by atoms with E-state index in [0.717, 1.165) is 4.47 Å². The van der Waals surface area contributed by atoms with Crippen LogP contribution in [-0.4, -0.2) is 16.9 Å². The molecule has 1 saturated heterocycles. The number of hydrogen-bond acceptors (Lipinski definition) is 3. The number of thiocarbonyl (C=S) groups is 1. The number of carbonyl (C=O) groups excluding carboxylic acids is 2. The molecule has 2 amide bonds. The number of halogens is 3. The first-order valence-corrected chi connectivity index (χ1v) is 8.94. The molecule has 3 rings (SSSR count). The van der Waals surface area contributed by atoms with Gasteiger partial charge in [-0.3, -0.25) is 19.8 Å². The van der Waals surface area contributed by atoms with Gasteiger partial charge in [-0.25, -0.2) is 0 Å². The fraction of sp³-hybridized carbons (Fsp3) is 0. The van der Waals surface area contributed by atoms with Gasteiger partial charge in [0.15, 0.2) is 5.11 Å². The molecule has 8 heteroatoms. The molecule has 0 aliphatic carbocycles. The highest BCUT2D eigenvalue weighted by molar-refractivity contribution is 9.10. The van der Waals surface area contributed by atoms with Crippen LogP contribution >= 0.6 is 51.3 Å². The Hall–Kier alpha value is -1.73. The molecule has 0 spiro atoms. The summed E-state index contributed by atoms with van der Waals surface area (Å²) in [4.78, 5) is 26.3. The zero-order valence-electron chi connectivity index (χ0n) is 12.4. The summed E-state index contributed by atoms with van der Waals surface area (Å²) >= 11 is 20.6. The van der Waals surface area contributed by atoms with Gasteiger partial charge in [-0.1, -0.05) is 51.3 Å². The number of amides is 2. The van der Waals surface area contributed by atoms with E-state index in [-0.39, 0.29) is 15.7 Å². The summed E-state index contributed by atoms with van der Waals surface area (Å²) in [7, 11) is 0. The minimum Gasteiger partial charge on any atom is -0.298 e. The van der Waals surface area contributed by atoms with Crippen LogP contribution in [0.15, 0.2) is 52.5 Å². The molecule has 1 fully saturated rings. The van der Waals surface area contributed by atoms with E-state index < -0.39 is 11.8 Å². The molecular formula is C17H9BrCl2N2O2S. The van der Waals surface area contributed by atoms with Gasteiger partial charge in [0, 0.05) is 9.50 Å². The van der Waals surface area contributed by atoms with E-state index in [1.54, 1.807) is 24.3 Å². The fourth-order valence-corrected chi connectivity index (χ4v) is 3.30. The third kappa shape index (κ3) is 3.77. The van der Waals surface area contributed by atoms with Gasteiger partial charge >= 0.3 is 0 Å². The van der Waals surface area contributed by atoms with Crippen molar-refractivity contribution in [1.29, 1.82) is 0 Å². The maximum absolute atomic E-state index is 12.9. The van der Waals surface area contributed by atoms with Gasteiger partial charge in [0.2, 0.25) is 0 Å². The number of carbonyl (C=O) groups is 2. The highest BCUT2D eigenvalue weighted by atomic mass is 79.9. The molecule has 0 radical (unpaired) electrons. The molecule has 1 N–H and O–H groups in total. The summed E-state index contributed by atoms with van der Waals surface area (Å²) in [6.07, 6.45) is 1.50. The minimum atomic E-state index is -0.556. The van der Waals surface area contributed by atoms with Gasteiger partial charge < -0.3 is 0 Å². The van der Waals surface area contributed by atoms with Crippen molar-refractivity contribution in [2.45, 2.75) is 0 Å². The molecule has 0 bridgehead atoms. The third-order valence-corrected chi connectivity index (χ3v) is 4.78. The Morgan fingerprint density at radius 2 is 1.76 bits per heavy atom. The molecular weight excluding hydrogens is 447 g/mol. The third-order valence-electron chi connectivity index (χ3n) is 3.43. The summed E-state index contributed by atoms with van der Waals surface area (Å²) in [5, 5.41) is 3.16. The molecule has 0 aromatic heterocycles. The summed E-state index contributed by atoms with van der Waals surface area (Å²) < 4.78 is 0.893. The highest BCUT2D eigenvalue weighted by Crippen LogP contribution is 2.31.